The molecule has 1 aromatic rings. The molecule has 1 saturated heterocycles. The van der Waals surface area contributed by atoms with Gasteiger partial charge in [0.2, 0.25) is 0 Å². The first-order valence-corrected chi connectivity index (χ1v) is 8.72. The summed E-state index contributed by atoms with van der Waals surface area (Å²) in [6, 6.07) is 11.4. The predicted molar refractivity (Wildman–Crippen MR) is 89.5 cm³/mol. The van der Waals surface area contributed by atoms with Crippen LogP contribution in [0, 0.1) is 0 Å². The van der Waals surface area contributed by atoms with Crippen LogP contribution < -0.4 is 0 Å². The van der Waals surface area contributed by atoms with E-state index in [4.69, 9.17) is 0 Å². The molecule has 0 amide bonds. The summed E-state index contributed by atoms with van der Waals surface area (Å²) in [5.41, 5.74) is 1.45. The van der Waals surface area contributed by atoms with Gasteiger partial charge < -0.3 is 10.0 Å². The Balaban J connectivity index is 1.73. The van der Waals surface area contributed by atoms with Gasteiger partial charge in [-0.15, -0.1) is 0 Å². The monoisotopic (exact) mass is 289 g/mol. The van der Waals surface area contributed by atoms with Crippen molar-refractivity contribution in [1.82, 2.24) is 4.90 Å². The molecule has 0 aromatic heterocycles. The van der Waals surface area contributed by atoms with Gasteiger partial charge in [0.15, 0.2) is 0 Å². The van der Waals surface area contributed by atoms with E-state index in [-0.39, 0.29) is 6.10 Å². The lowest BCUT2D eigenvalue weighted by atomic mass is 10.0. The van der Waals surface area contributed by atoms with Crippen molar-refractivity contribution in [1.29, 1.82) is 0 Å². The number of benzene rings is 1. The number of likely N-dealkylation sites (tertiary alicyclic amines) is 1. The van der Waals surface area contributed by atoms with Gasteiger partial charge in [-0.1, -0.05) is 43.2 Å². The van der Waals surface area contributed by atoms with Crippen LogP contribution in [-0.2, 0) is 6.42 Å². The fourth-order valence-corrected chi connectivity index (χ4v) is 3.48. The molecule has 0 bridgehead atoms. The maximum absolute atomic E-state index is 9.71. The molecule has 1 fully saturated rings. The minimum atomic E-state index is -0.167. The molecular weight excluding hydrogens is 258 g/mol. The first-order valence-electron chi connectivity index (χ1n) is 8.72. The highest BCUT2D eigenvalue weighted by molar-refractivity contribution is 5.14. The first-order chi connectivity index (χ1) is 10.3. The van der Waals surface area contributed by atoms with Crippen molar-refractivity contribution in [3.05, 3.63) is 35.9 Å². The van der Waals surface area contributed by atoms with Crippen LogP contribution in [0.4, 0.5) is 0 Å². The summed E-state index contributed by atoms with van der Waals surface area (Å²) < 4.78 is 0. The molecule has 0 radical (unpaired) electrons. The highest BCUT2D eigenvalue weighted by Gasteiger charge is 2.21. The van der Waals surface area contributed by atoms with Gasteiger partial charge in [0.25, 0.3) is 0 Å². The maximum Gasteiger partial charge on any atom is 0.0527 e. The fourth-order valence-electron chi connectivity index (χ4n) is 3.48. The molecule has 0 aliphatic carbocycles. The Morgan fingerprint density at radius 3 is 2.71 bits per heavy atom. The first kappa shape index (κ1) is 16.5. The average Bonchev–Trinajstić information content (AvgIpc) is 2.70. The highest BCUT2D eigenvalue weighted by Crippen LogP contribution is 2.21. The van der Waals surface area contributed by atoms with E-state index in [9.17, 15) is 5.11 Å². The molecule has 1 aliphatic heterocycles. The normalized spacial score (nSPS) is 21.9. The van der Waals surface area contributed by atoms with E-state index in [1.807, 2.05) is 6.92 Å². The van der Waals surface area contributed by atoms with Crippen LogP contribution in [0.1, 0.15) is 57.4 Å². The number of hydrogen-bond acceptors (Lipinski definition) is 2. The van der Waals surface area contributed by atoms with Gasteiger partial charge in [-0.2, -0.15) is 0 Å². The summed E-state index contributed by atoms with van der Waals surface area (Å²) in [6.07, 6.45) is 9.79. The van der Waals surface area contributed by atoms with Gasteiger partial charge >= 0.3 is 0 Å². The molecule has 1 aromatic carbocycles. The minimum Gasteiger partial charge on any atom is -0.393 e. The number of hydrogen-bond donors (Lipinski definition) is 1. The quantitative estimate of drug-likeness (QED) is 0.766. The molecule has 2 unspecified atom stereocenters. The Morgan fingerprint density at radius 1 is 1.14 bits per heavy atom. The van der Waals surface area contributed by atoms with Crippen molar-refractivity contribution in [3.63, 3.8) is 0 Å². The third kappa shape index (κ3) is 6.19. The summed E-state index contributed by atoms with van der Waals surface area (Å²) in [5.74, 6) is 0. The van der Waals surface area contributed by atoms with E-state index in [0.717, 1.165) is 6.42 Å². The van der Waals surface area contributed by atoms with Gasteiger partial charge in [-0.25, -0.2) is 0 Å². The lowest BCUT2D eigenvalue weighted by Gasteiger charge is -2.30. The molecule has 21 heavy (non-hydrogen) atoms. The molecule has 2 nitrogen and oxygen atoms in total. The zero-order valence-corrected chi connectivity index (χ0v) is 13.5. The Labute approximate surface area is 130 Å². The number of rotatable bonds is 7. The maximum atomic E-state index is 9.71. The smallest absolute Gasteiger partial charge is 0.0527 e. The van der Waals surface area contributed by atoms with E-state index in [1.54, 1.807) is 0 Å². The number of nitrogens with zero attached hydrogens (tertiary/aromatic N) is 1. The number of aryl methyl sites for hydroxylation is 1. The van der Waals surface area contributed by atoms with E-state index in [0.29, 0.717) is 6.04 Å². The van der Waals surface area contributed by atoms with Gasteiger partial charge in [0.05, 0.1) is 6.10 Å². The van der Waals surface area contributed by atoms with Crippen LogP contribution in [-0.4, -0.2) is 35.2 Å². The van der Waals surface area contributed by atoms with Crippen molar-refractivity contribution in [2.75, 3.05) is 13.1 Å². The molecule has 2 heteroatoms. The van der Waals surface area contributed by atoms with Crippen molar-refractivity contribution >= 4 is 0 Å². The van der Waals surface area contributed by atoms with Crippen LogP contribution in [0.3, 0.4) is 0 Å². The number of aliphatic hydroxyl groups excluding tert-OH is 1. The zero-order chi connectivity index (χ0) is 14.9. The summed E-state index contributed by atoms with van der Waals surface area (Å²) in [5, 5.41) is 9.71. The SMILES string of the molecule is CC(O)CC1CCCCCN1CCCCc1ccccc1. The molecule has 0 saturated carbocycles. The van der Waals surface area contributed by atoms with Crippen molar-refractivity contribution in [2.24, 2.45) is 0 Å². The molecule has 1 heterocycles. The molecule has 2 atom stereocenters. The summed E-state index contributed by atoms with van der Waals surface area (Å²) >= 11 is 0. The fraction of sp³-hybridized carbons (Fsp3) is 0.684. The zero-order valence-electron chi connectivity index (χ0n) is 13.5. The Hall–Kier alpha value is -0.860. The minimum absolute atomic E-state index is 0.167. The molecule has 1 aliphatic rings. The molecule has 118 valence electrons. The van der Waals surface area contributed by atoms with E-state index < -0.39 is 0 Å². The van der Waals surface area contributed by atoms with E-state index in [1.165, 1.54) is 63.6 Å². The predicted octanol–water partition coefficient (Wildman–Crippen LogP) is 4.02. The molecular formula is C19H31NO. The van der Waals surface area contributed by atoms with Crippen LogP contribution in [0.2, 0.25) is 0 Å². The lowest BCUT2D eigenvalue weighted by Crippen LogP contribution is -2.37. The lowest BCUT2D eigenvalue weighted by molar-refractivity contribution is 0.111. The molecule has 0 spiro atoms. The van der Waals surface area contributed by atoms with Crippen LogP contribution in [0.15, 0.2) is 30.3 Å². The largest absolute Gasteiger partial charge is 0.393 e. The summed E-state index contributed by atoms with van der Waals surface area (Å²) in [6.45, 7) is 4.35. The van der Waals surface area contributed by atoms with Crippen molar-refractivity contribution in [3.8, 4) is 0 Å². The topological polar surface area (TPSA) is 23.5 Å². The standard InChI is InChI=1S/C19H31NO/c1-17(21)16-19-13-6-3-8-14-20(19)15-9-7-12-18-10-4-2-5-11-18/h2,4-5,10-11,17,19,21H,3,6-9,12-16H2,1H3. The van der Waals surface area contributed by atoms with E-state index in [2.05, 4.69) is 35.2 Å². The summed E-state index contributed by atoms with van der Waals surface area (Å²) in [4.78, 5) is 2.64. The average molecular weight is 289 g/mol. The Morgan fingerprint density at radius 2 is 1.95 bits per heavy atom. The Bertz CT molecular complexity index is 376. The third-order valence-corrected chi connectivity index (χ3v) is 4.62. The van der Waals surface area contributed by atoms with Gasteiger partial charge in [0, 0.05) is 6.04 Å². The van der Waals surface area contributed by atoms with Gasteiger partial charge in [0.1, 0.15) is 0 Å². The van der Waals surface area contributed by atoms with Gasteiger partial charge in [-0.3, -0.25) is 0 Å². The van der Waals surface area contributed by atoms with E-state index >= 15 is 0 Å². The van der Waals surface area contributed by atoms with Crippen LogP contribution in [0.25, 0.3) is 0 Å². The number of unbranched alkanes of at least 4 members (excludes halogenated alkanes) is 1. The molecule has 2 rings (SSSR count). The Kier molecular flexibility index (Phi) is 7.25. The molecule has 1 N–H and O–H groups in total. The van der Waals surface area contributed by atoms with Crippen LogP contribution in [0.5, 0.6) is 0 Å². The second kappa shape index (κ2) is 9.22. The van der Waals surface area contributed by atoms with Crippen LogP contribution >= 0.6 is 0 Å². The highest BCUT2D eigenvalue weighted by atomic mass is 16.3. The third-order valence-electron chi connectivity index (χ3n) is 4.62. The number of aliphatic hydroxyl groups is 1. The second-order valence-electron chi connectivity index (χ2n) is 6.57. The van der Waals surface area contributed by atoms with Crippen molar-refractivity contribution in [2.45, 2.75) is 70.4 Å². The summed E-state index contributed by atoms with van der Waals surface area (Å²) in [7, 11) is 0. The van der Waals surface area contributed by atoms with Gasteiger partial charge in [-0.05, 0) is 64.1 Å². The second-order valence-corrected chi connectivity index (χ2v) is 6.57. The van der Waals surface area contributed by atoms with Crippen molar-refractivity contribution < 1.29 is 5.11 Å².